The molecule has 0 aliphatic carbocycles. The molecule has 5 N–H and O–H groups in total. The van der Waals surface area contributed by atoms with E-state index in [-0.39, 0.29) is 4.97 Å². The fourth-order valence-electron chi connectivity index (χ4n) is 0.844. The molecule has 0 rings (SSSR count). The Balaban J connectivity index is 0. The van der Waals surface area contributed by atoms with E-state index in [9.17, 15) is 10.4 Å². The summed E-state index contributed by atoms with van der Waals surface area (Å²) in [5.41, 5.74) is 10.3. The van der Waals surface area contributed by atoms with Crippen LogP contribution in [-0.4, -0.2) is 49.2 Å². The van der Waals surface area contributed by atoms with E-state index >= 15 is 0 Å². The zero-order valence-corrected chi connectivity index (χ0v) is 10.1. The standard InChI is InChI=1S/C4H12N4O2.C4H12N2/c1-2-7(4-3-5)8(10)6-9;1-2-6-4-3-5/h9H,2-5H2,1H3;6H,2-5H2,1H3/p-1. The molecule has 0 aromatic heterocycles. The number of hydrazine groups is 1. The SMILES string of the molecule is CCN(CCN)[N+]([O-])=N[O-].CCNCCN. The number of hydrogen-bond acceptors (Lipinski definition) is 6. The topological polar surface area (TPSA) is 129 Å². The van der Waals surface area contributed by atoms with Crippen LogP contribution in [0.25, 0.3) is 0 Å². The lowest BCUT2D eigenvalue weighted by atomic mass is 10.6. The Hall–Kier alpha value is -1.12. The maximum atomic E-state index is 10.4. The van der Waals surface area contributed by atoms with E-state index < -0.39 is 0 Å². The summed E-state index contributed by atoms with van der Waals surface area (Å²) in [5.74, 6) is 0. The summed E-state index contributed by atoms with van der Waals surface area (Å²) in [6, 6.07) is 0. The Morgan fingerprint density at radius 2 is 1.94 bits per heavy atom. The summed E-state index contributed by atoms with van der Waals surface area (Å²) in [6.45, 7) is 7.64. The molecule has 0 radical (unpaired) electrons. The predicted octanol–water partition coefficient (Wildman–Crippen LogP) is -0.803. The molecular formula is C8H23N6O2-. The molecule has 98 valence electrons. The summed E-state index contributed by atoms with van der Waals surface area (Å²) in [6.07, 6.45) is 0. The van der Waals surface area contributed by atoms with E-state index in [4.69, 9.17) is 11.5 Å². The van der Waals surface area contributed by atoms with Gasteiger partial charge in [-0.2, -0.15) is 0 Å². The summed E-state index contributed by atoms with van der Waals surface area (Å²) < 4.78 is 0. The Kier molecular flexibility index (Phi) is 15.0. The molecular weight excluding hydrogens is 212 g/mol. The number of hydrogen-bond donors (Lipinski definition) is 3. The van der Waals surface area contributed by atoms with Gasteiger partial charge in [0, 0.05) is 24.6 Å². The van der Waals surface area contributed by atoms with Crippen molar-refractivity contribution >= 4 is 0 Å². The fraction of sp³-hybridized carbons (Fsp3) is 1.00. The minimum Gasteiger partial charge on any atom is -0.737 e. The van der Waals surface area contributed by atoms with E-state index in [2.05, 4.69) is 17.5 Å². The minimum atomic E-state index is 0.00681. The molecule has 16 heavy (non-hydrogen) atoms. The maximum Gasteiger partial charge on any atom is 0.0889 e. The first kappa shape index (κ1) is 17.3. The van der Waals surface area contributed by atoms with E-state index in [1.165, 1.54) is 5.01 Å². The molecule has 0 saturated carbocycles. The van der Waals surface area contributed by atoms with Crippen molar-refractivity contribution in [2.75, 3.05) is 39.3 Å². The lowest BCUT2D eigenvalue weighted by Crippen LogP contribution is -2.34. The van der Waals surface area contributed by atoms with Crippen molar-refractivity contribution in [1.29, 1.82) is 0 Å². The molecule has 0 amide bonds. The first-order valence-electron chi connectivity index (χ1n) is 5.34. The van der Waals surface area contributed by atoms with E-state index in [0.29, 0.717) is 19.6 Å². The van der Waals surface area contributed by atoms with Crippen molar-refractivity contribution in [1.82, 2.24) is 10.3 Å². The number of rotatable bonds is 7. The highest BCUT2D eigenvalue weighted by Crippen LogP contribution is 1.86. The molecule has 0 unspecified atom stereocenters. The molecule has 0 atom stereocenters. The van der Waals surface area contributed by atoms with Gasteiger partial charge in [-0.05, 0) is 18.7 Å². The Morgan fingerprint density at radius 3 is 2.19 bits per heavy atom. The summed E-state index contributed by atoms with van der Waals surface area (Å²) >= 11 is 0. The van der Waals surface area contributed by atoms with Gasteiger partial charge in [0.25, 0.3) is 0 Å². The van der Waals surface area contributed by atoms with Crippen LogP contribution in [0.1, 0.15) is 13.8 Å². The zero-order valence-electron chi connectivity index (χ0n) is 10.1. The molecule has 0 heterocycles. The third-order valence-corrected chi connectivity index (χ3v) is 1.64. The van der Waals surface area contributed by atoms with Crippen LogP contribution in [0.2, 0.25) is 0 Å². The van der Waals surface area contributed by atoms with Gasteiger partial charge in [0.1, 0.15) is 0 Å². The van der Waals surface area contributed by atoms with Gasteiger partial charge in [0.2, 0.25) is 0 Å². The number of nitrogens with two attached hydrogens (primary N) is 2. The maximum absolute atomic E-state index is 10.4. The average molecular weight is 235 g/mol. The monoisotopic (exact) mass is 235 g/mol. The van der Waals surface area contributed by atoms with Gasteiger partial charge >= 0.3 is 0 Å². The first-order valence-corrected chi connectivity index (χ1v) is 5.34. The third-order valence-electron chi connectivity index (χ3n) is 1.64. The van der Waals surface area contributed by atoms with Crippen LogP contribution in [-0.2, 0) is 0 Å². The lowest BCUT2D eigenvalue weighted by molar-refractivity contribution is -0.689. The molecule has 0 aromatic carbocycles. The molecule has 0 aliphatic heterocycles. The first-order chi connectivity index (χ1) is 7.67. The van der Waals surface area contributed by atoms with Gasteiger partial charge in [0.15, 0.2) is 0 Å². The second-order valence-electron chi connectivity index (χ2n) is 2.81. The van der Waals surface area contributed by atoms with Gasteiger partial charge in [-0.1, -0.05) is 6.92 Å². The summed E-state index contributed by atoms with van der Waals surface area (Å²) in [7, 11) is 0. The second-order valence-corrected chi connectivity index (χ2v) is 2.81. The van der Waals surface area contributed by atoms with Crippen LogP contribution >= 0.6 is 0 Å². The summed E-state index contributed by atoms with van der Waals surface area (Å²) in [4.78, 5) is 0.00681. The molecule has 8 nitrogen and oxygen atoms in total. The summed E-state index contributed by atoms with van der Waals surface area (Å²) in [5, 5.41) is 26.6. The van der Waals surface area contributed by atoms with Crippen molar-refractivity contribution in [3.05, 3.63) is 10.4 Å². The van der Waals surface area contributed by atoms with E-state index in [0.717, 1.165) is 19.6 Å². The highest BCUT2D eigenvalue weighted by molar-refractivity contribution is 4.40. The Morgan fingerprint density at radius 1 is 1.31 bits per heavy atom. The molecule has 0 spiro atoms. The highest BCUT2D eigenvalue weighted by atomic mass is 16.6. The fourth-order valence-corrected chi connectivity index (χ4v) is 0.844. The normalized spacial score (nSPS) is 10.6. The molecule has 0 bridgehead atoms. The van der Waals surface area contributed by atoms with Crippen molar-refractivity contribution in [3.63, 3.8) is 0 Å². The number of nitrogens with one attached hydrogen (secondary N) is 1. The van der Waals surface area contributed by atoms with Crippen molar-refractivity contribution in [3.8, 4) is 0 Å². The van der Waals surface area contributed by atoms with Crippen LogP contribution in [0.5, 0.6) is 0 Å². The van der Waals surface area contributed by atoms with E-state index in [1.54, 1.807) is 6.92 Å². The molecule has 0 aromatic rings. The molecule has 8 heteroatoms. The average Bonchev–Trinajstić information content (AvgIpc) is 2.33. The quantitative estimate of drug-likeness (QED) is 0.229. The van der Waals surface area contributed by atoms with Crippen LogP contribution in [0, 0.1) is 10.4 Å². The van der Waals surface area contributed by atoms with Crippen molar-refractivity contribution in [2.24, 2.45) is 16.7 Å². The predicted molar refractivity (Wildman–Crippen MR) is 63.3 cm³/mol. The molecule has 0 aliphatic rings. The lowest BCUT2D eigenvalue weighted by Gasteiger charge is -2.16. The van der Waals surface area contributed by atoms with Crippen LogP contribution in [0.15, 0.2) is 5.28 Å². The van der Waals surface area contributed by atoms with Crippen LogP contribution in [0.3, 0.4) is 0 Å². The largest absolute Gasteiger partial charge is 0.737 e. The van der Waals surface area contributed by atoms with Gasteiger partial charge in [-0.3, -0.25) is 0 Å². The van der Waals surface area contributed by atoms with Crippen molar-refractivity contribution < 1.29 is 4.97 Å². The minimum absolute atomic E-state index is 0.00681. The number of nitrogens with zero attached hydrogens (tertiary/aromatic N) is 3. The van der Waals surface area contributed by atoms with Gasteiger partial charge in [-0.15, -0.1) is 5.01 Å². The van der Waals surface area contributed by atoms with Crippen LogP contribution in [0.4, 0.5) is 0 Å². The van der Waals surface area contributed by atoms with Gasteiger partial charge in [0.05, 0.1) is 13.1 Å². The molecule has 0 fully saturated rings. The molecule has 0 saturated heterocycles. The van der Waals surface area contributed by atoms with Gasteiger partial charge < -0.3 is 27.2 Å². The number of likely N-dealkylation sites (N-methyl/N-ethyl adjacent to an activating group) is 2. The third kappa shape index (κ3) is 11.0. The van der Waals surface area contributed by atoms with E-state index in [1.807, 2.05) is 0 Å². The van der Waals surface area contributed by atoms with Crippen LogP contribution < -0.4 is 16.8 Å². The zero-order chi connectivity index (χ0) is 12.8. The smallest absolute Gasteiger partial charge is 0.0889 e. The van der Waals surface area contributed by atoms with Crippen molar-refractivity contribution in [2.45, 2.75) is 13.8 Å². The second kappa shape index (κ2) is 13.9. The Bertz CT molecular complexity index is 163. The Labute approximate surface area is 96.4 Å². The van der Waals surface area contributed by atoms with Gasteiger partial charge in [-0.25, -0.2) is 0 Å². The highest BCUT2D eigenvalue weighted by Gasteiger charge is 2.04.